The number of halogens is 10. The van der Waals surface area contributed by atoms with Crippen molar-refractivity contribution in [2.75, 3.05) is 80.5 Å². The largest absolute Gasteiger partial charge is 0.471 e. The van der Waals surface area contributed by atoms with Gasteiger partial charge in [0.1, 0.15) is 0 Å². The van der Waals surface area contributed by atoms with Crippen LogP contribution in [0, 0.1) is 0 Å². The van der Waals surface area contributed by atoms with Gasteiger partial charge in [-0.05, 0) is 118 Å². The normalized spacial score (nSPS) is 15.9. The number of hydrogen-bond acceptors (Lipinski definition) is 12. The number of piperidine rings is 2. The van der Waals surface area contributed by atoms with E-state index in [9.17, 15) is 55.1 Å². The number of fused-ring (bicyclic) bond motifs is 4. The summed E-state index contributed by atoms with van der Waals surface area (Å²) in [6.07, 6.45) is -6.92. The van der Waals surface area contributed by atoms with Crippen LogP contribution < -0.4 is 21.3 Å². The maximum absolute atomic E-state index is 14.6. The van der Waals surface area contributed by atoms with Crippen LogP contribution in [0.25, 0.3) is 0 Å². The maximum Gasteiger partial charge on any atom is 0.471 e. The number of amides is 8. The van der Waals surface area contributed by atoms with Crippen LogP contribution in [0.15, 0.2) is 206 Å². The lowest BCUT2D eigenvalue weighted by Crippen LogP contribution is -2.60. The Labute approximate surface area is 726 Å². The fourth-order valence-corrected chi connectivity index (χ4v) is 16.4. The topological polar surface area (TPSA) is 319 Å². The predicted molar refractivity (Wildman–Crippen MR) is 455 cm³/mol. The van der Waals surface area contributed by atoms with Crippen LogP contribution in [0.2, 0.25) is 20.1 Å². The number of benzene rings is 8. The summed E-state index contributed by atoms with van der Waals surface area (Å²) in [4.78, 5) is 88.5. The highest BCUT2D eigenvalue weighted by Gasteiger charge is 2.51. The molecule has 4 aliphatic rings. The Morgan fingerprint density at radius 3 is 0.975 bits per heavy atom. The van der Waals surface area contributed by atoms with Crippen molar-refractivity contribution < 1.29 is 90.2 Å². The predicted octanol–water partition coefficient (Wildman–Crippen LogP) is 14.3. The number of likely N-dealkylation sites (N-methyl/N-ethyl adjacent to an activating group) is 4. The van der Waals surface area contributed by atoms with Gasteiger partial charge in [-0.2, -0.15) is 70.2 Å². The number of hydrogen-bond donors (Lipinski definition) is 8. The monoisotopic (exact) mass is 1820 g/mol. The summed E-state index contributed by atoms with van der Waals surface area (Å²) in [7, 11) is -4.12. The second-order valence-electron chi connectivity index (χ2n) is 29.2. The van der Waals surface area contributed by atoms with Gasteiger partial charge >= 0.3 is 57.0 Å². The quantitative estimate of drug-likeness (QED) is 0.0260. The SMILES string of the molecule is CN(C[C@](CCN1CCC2(CC1)NC(=O)Cc1ccccc12)(c1ccc(Cl)c(Cl)c1)N(C)C(=O)NC(c1ccccc1)c1ccccc1)C(=O)C(F)(F)F.CN(C[C@](CCN1CCC2(CC1)NC(=O)Cc1ccccc12)(c1ccc(Cl)c(Cl)c1)N(C)C(=O)NC(c1ccccc1)c1ccccc1)C(=O)C(F)(F)F.O=S(=O)(O)O.O=S(=O)(O)O.S.S. The third-order valence-corrected chi connectivity index (χ3v) is 23.2. The van der Waals surface area contributed by atoms with E-state index in [1.807, 2.05) is 158 Å². The number of likely N-dealkylation sites (tertiary alicyclic amines) is 2. The Kier molecular flexibility index (Phi) is 34.4. The van der Waals surface area contributed by atoms with Crippen LogP contribution in [0.4, 0.5) is 35.9 Å². The molecule has 2 fully saturated rings. The van der Waals surface area contributed by atoms with Gasteiger partial charge in [-0.1, -0.05) is 228 Å². The zero-order valence-corrected chi connectivity index (χ0v) is 71.9. The minimum absolute atomic E-state index is 0. The van der Waals surface area contributed by atoms with Gasteiger partial charge in [0.05, 0.1) is 67.2 Å². The summed E-state index contributed by atoms with van der Waals surface area (Å²) in [6, 6.07) is 60.4. The summed E-state index contributed by atoms with van der Waals surface area (Å²) >= 11 is 25.8. The smallest absolute Gasteiger partial charge is 0.346 e. The van der Waals surface area contributed by atoms with Crippen molar-refractivity contribution in [3.8, 4) is 0 Å². The van der Waals surface area contributed by atoms with Crippen LogP contribution in [-0.2, 0) is 75.0 Å². The molecule has 24 nitrogen and oxygen atoms in total. The number of alkyl halides is 6. The van der Waals surface area contributed by atoms with E-state index in [1.54, 1.807) is 24.3 Å². The fraction of sp³-hybridized carbons (Fsp3) is 0.341. The van der Waals surface area contributed by atoms with Gasteiger partial charge < -0.3 is 50.7 Å². The zero-order chi connectivity index (χ0) is 86.3. The van der Waals surface area contributed by atoms with Crippen molar-refractivity contribution in [1.82, 2.24) is 50.7 Å². The fourth-order valence-electron chi connectivity index (χ4n) is 15.8. The molecule has 8 aromatic rings. The van der Waals surface area contributed by atoms with Gasteiger partial charge in [-0.15, -0.1) is 0 Å². The molecule has 0 aliphatic carbocycles. The molecule has 2 spiro atoms. The molecule has 4 aliphatic heterocycles. The van der Waals surface area contributed by atoms with Crippen LogP contribution in [0.5, 0.6) is 0 Å². The molecular weight excluding hydrogens is 1730 g/mol. The van der Waals surface area contributed by atoms with E-state index in [4.69, 9.17) is 81.5 Å². The van der Waals surface area contributed by atoms with E-state index in [-0.39, 0.29) is 71.7 Å². The molecule has 4 heterocycles. The second-order valence-corrected chi connectivity index (χ2v) is 32.6. The molecule has 0 bridgehead atoms. The molecule has 8 amide bonds. The van der Waals surface area contributed by atoms with E-state index < -0.39 is 104 Å². The molecule has 2 atom stereocenters. The number of nitrogens with one attached hydrogen (secondary N) is 4. The second kappa shape index (κ2) is 41.9. The highest BCUT2D eigenvalue weighted by Crippen LogP contribution is 2.44. The Balaban J connectivity index is 0.000000293. The molecule has 648 valence electrons. The first-order valence-corrected chi connectivity index (χ1v) is 41.2. The molecule has 12 rings (SSSR count). The molecule has 8 aromatic carbocycles. The maximum atomic E-state index is 14.6. The number of carbonyl (C=O) groups is 6. The van der Waals surface area contributed by atoms with Crippen molar-refractivity contribution in [2.45, 2.75) is 98.0 Å². The number of nitrogens with zero attached hydrogens (tertiary/aromatic N) is 6. The molecule has 0 unspecified atom stereocenters. The molecule has 0 saturated carbocycles. The highest BCUT2D eigenvalue weighted by atomic mass is 35.5. The molecule has 2 saturated heterocycles. The van der Waals surface area contributed by atoms with Gasteiger partial charge in [0.25, 0.3) is 0 Å². The summed E-state index contributed by atoms with van der Waals surface area (Å²) < 4.78 is 147. The first kappa shape index (κ1) is 98.4. The van der Waals surface area contributed by atoms with Crippen molar-refractivity contribution in [2.24, 2.45) is 0 Å². The van der Waals surface area contributed by atoms with E-state index in [0.717, 1.165) is 58.6 Å². The highest BCUT2D eigenvalue weighted by molar-refractivity contribution is 7.80. The third kappa shape index (κ3) is 25.7. The van der Waals surface area contributed by atoms with Gasteiger partial charge in [0.2, 0.25) is 11.8 Å². The Morgan fingerprint density at radius 1 is 0.442 bits per heavy atom. The van der Waals surface area contributed by atoms with Crippen LogP contribution >= 0.6 is 73.4 Å². The third-order valence-electron chi connectivity index (χ3n) is 21.7. The first-order valence-electron chi connectivity index (χ1n) is 36.9. The molecule has 120 heavy (non-hydrogen) atoms. The van der Waals surface area contributed by atoms with E-state index in [2.05, 4.69) is 43.2 Å². The van der Waals surface area contributed by atoms with Crippen molar-refractivity contribution in [1.29, 1.82) is 0 Å². The number of carbonyl (C=O) groups excluding carboxylic acids is 6. The lowest BCUT2D eigenvalue weighted by atomic mass is 9.75. The molecule has 38 heteroatoms. The summed E-state index contributed by atoms with van der Waals surface area (Å²) in [5.41, 5.74) is 4.14. The van der Waals surface area contributed by atoms with Crippen LogP contribution in [0.3, 0.4) is 0 Å². The van der Waals surface area contributed by atoms with Crippen LogP contribution in [-0.4, -0.2) is 193 Å². The summed E-state index contributed by atoms with van der Waals surface area (Å²) in [5.74, 6) is -4.15. The Hall–Kier alpha value is -8.72. The van der Waals surface area contributed by atoms with Gasteiger partial charge in [-0.3, -0.25) is 37.4 Å². The van der Waals surface area contributed by atoms with Gasteiger partial charge in [0, 0.05) is 80.5 Å². The van der Waals surface area contributed by atoms with Crippen LogP contribution in [0.1, 0.15) is 106 Å². The Morgan fingerprint density at radius 2 is 0.708 bits per heavy atom. The van der Waals surface area contributed by atoms with Gasteiger partial charge in [0.15, 0.2) is 0 Å². The van der Waals surface area contributed by atoms with Crippen molar-refractivity contribution in [3.63, 3.8) is 0 Å². The minimum Gasteiger partial charge on any atom is -0.346 e. The average Bonchev–Trinajstić information content (AvgIpc) is 0.764. The van der Waals surface area contributed by atoms with E-state index in [0.29, 0.717) is 98.7 Å². The lowest BCUT2D eigenvalue weighted by Gasteiger charge is -2.48. The Bertz CT molecular complexity index is 4690. The number of urea groups is 2. The molecule has 0 radical (unpaired) electrons. The molecule has 0 aromatic heterocycles. The number of rotatable bonds is 20. The zero-order valence-electron chi connectivity index (χ0n) is 65.2. The summed E-state index contributed by atoms with van der Waals surface area (Å²) in [5, 5.41) is 13.5. The minimum atomic E-state index is -5.15. The van der Waals surface area contributed by atoms with E-state index in [1.165, 1.54) is 36.0 Å². The lowest BCUT2D eigenvalue weighted by molar-refractivity contribution is -0.185. The first-order chi connectivity index (χ1) is 55.4. The standard InChI is InChI=1S/2C41H42Cl2F3N5O3.2H2O4S.2H2S/c2*1-49(37(53)41(44,45)46)27-40(31-17-18-33(42)34(43)26-31,50(2)38(54)47-36(28-11-5-3-6-12-28)29-13-7-4-8-14-29)21-24-51-22-19-39(20-23-51)32-16-10-9-15-30(32)25-35(52)48-39;2*1-5(2,3)4;;/h2*3-18,26,36H,19-25,27H2,1-2H3,(H,47,54)(H,48,52);2*(H2,1,2,3,4);2*1H2/t2*40-;;;;/m11..../s1. The van der Waals surface area contributed by atoms with Gasteiger partial charge in [-0.25, -0.2) is 9.59 Å². The molecule has 8 N–H and O–H groups in total. The molecular formula is C82H92Cl4F6N10O14S4. The van der Waals surface area contributed by atoms with E-state index >= 15 is 0 Å². The van der Waals surface area contributed by atoms with Crippen molar-refractivity contribution >= 4 is 130 Å². The van der Waals surface area contributed by atoms with Crippen molar-refractivity contribution in [3.05, 3.63) is 282 Å². The summed E-state index contributed by atoms with van der Waals surface area (Å²) in [6.45, 7) is 1.97. The average molecular weight is 1830 g/mol.